The number of rotatable bonds is 9. The van der Waals surface area contributed by atoms with E-state index in [2.05, 4.69) is 50.4 Å². The number of ether oxygens (including phenoxy) is 3. The van der Waals surface area contributed by atoms with Crippen molar-refractivity contribution in [1.29, 1.82) is 0 Å². The second-order valence-electron chi connectivity index (χ2n) is 14.1. The van der Waals surface area contributed by atoms with Gasteiger partial charge >= 0.3 is 0 Å². The zero-order valence-electron chi connectivity index (χ0n) is 26.1. The molecule has 4 atom stereocenters. The molecule has 0 spiro atoms. The fraction of sp³-hybridized carbons (Fsp3) is 0.633. The summed E-state index contributed by atoms with van der Waals surface area (Å²) in [5, 5.41) is 15.4. The maximum atomic E-state index is 10.2. The third-order valence-corrected chi connectivity index (χ3v) is 13.7. The van der Waals surface area contributed by atoms with Crippen LogP contribution < -0.4 is 9.64 Å². The van der Waals surface area contributed by atoms with Crippen LogP contribution >= 0.6 is 11.6 Å². The van der Waals surface area contributed by atoms with E-state index >= 15 is 0 Å². The van der Waals surface area contributed by atoms with E-state index in [1.807, 2.05) is 16.8 Å². The van der Waals surface area contributed by atoms with Crippen LogP contribution in [0.4, 0.5) is 5.82 Å². The largest absolute Gasteiger partial charge is 0.456 e. The van der Waals surface area contributed by atoms with Crippen LogP contribution in [0.2, 0.25) is 23.2 Å². The molecule has 0 aromatic carbocycles. The van der Waals surface area contributed by atoms with Crippen LogP contribution in [-0.2, 0) is 40.1 Å². The second kappa shape index (κ2) is 10.8. The highest BCUT2D eigenvalue weighted by Crippen LogP contribution is 2.41. The molecule has 2 saturated heterocycles. The molecular formula is C30H43ClN6O5Si. The average Bonchev–Trinajstić information content (AvgIpc) is 3.67. The normalized spacial score (nSPS) is 24.2. The first-order chi connectivity index (χ1) is 20.1. The number of fused-ring (bicyclic) bond motifs is 3. The van der Waals surface area contributed by atoms with Gasteiger partial charge in [0, 0.05) is 24.8 Å². The molecule has 0 radical (unpaired) electrons. The summed E-state index contributed by atoms with van der Waals surface area (Å²) in [5.74, 6) is 0.644. The van der Waals surface area contributed by atoms with Crippen LogP contribution in [0.25, 0.3) is 11.2 Å². The summed E-state index contributed by atoms with van der Waals surface area (Å²) >= 11 is 6.82. The minimum absolute atomic E-state index is 0.0952. The van der Waals surface area contributed by atoms with Crippen molar-refractivity contribution >= 4 is 36.9 Å². The van der Waals surface area contributed by atoms with Crippen molar-refractivity contribution < 1.29 is 23.7 Å². The summed E-state index contributed by atoms with van der Waals surface area (Å²) < 4.78 is 29.3. The Morgan fingerprint density at radius 1 is 1.12 bits per heavy atom. The first kappa shape index (κ1) is 30.5. The van der Waals surface area contributed by atoms with Crippen LogP contribution in [0.3, 0.4) is 0 Å². The quantitative estimate of drug-likeness (QED) is 0.266. The minimum atomic E-state index is -1.99. The lowest BCUT2D eigenvalue weighted by Gasteiger charge is -2.39. The standard InChI is InChI=1S/C30H43ClN6O5Si/c1-9-10-37-21-11-19(31)27(35-12-18-13-36(17-30(5,6)38)34-20(18)14-35)32-26(21)33-28(37)41-22-15-39-25-23(16-40-24(22)25)42-43(7,8)29(2,3)4/h9,11,13,22-25,38H,1,10,12,14-17H2,2-8H3/t22-,23-,24-,25-/m1/s1. The Morgan fingerprint density at radius 2 is 1.81 bits per heavy atom. The molecule has 3 aromatic rings. The Hall–Kier alpha value is -2.48. The van der Waals surface area contributed by atoms with Gasteiger partial charge in [0.05, 0.1) is 54.2 Å². The van der Waals surface area contributed by atoms with Gasteiger partial charge in [-0.15, -0.1) is 6.58 Å². The second-order valence-corrected chi connectivity index (χ2v) is 19.2. The predicted octanol–water partition coefficient (Wildman–Crippen LogP) is 4.69. The Morgan fingerprint density at radius 3 is 2.47 bits per heavy atom. The SMILES string of the molecule is C=CCn1c(O[C@@H]2CO[C@H]3[C@@H]2OC[C@H]3O[Si](C)(C)C(C)(C)C)nc2nc(N3Cc4cn(CC(C)(C)O)nc4C3)c(Cl)cc21. The number of allylic oxidation sites excluding steroid dienone is 1. The Balaban J connectivity index is 1.20. The average molecular weight is 631 g/mol. The van der Waals surface area contributed by atoms with E-state index in [1.165, 1.54) is 0 Å². The van der Waals surface area contributed by atoms with Crippen molar-refractivity contribution in [2.75, 3.05) is 18.1 Å². The minimum Gasteiger partial charge on any atom is -0.456 e. The number of imidazole rings is 1. The van der Waals surface area contributed by atoms with Crippen molar-refractivity contribution in [2.24, 2.45) is 0 Å². The summed E-state index contributed by atoms with van der Waals surface area (Å²) in [7, 11) is -1.99. The highest BCUT2D eigenvalue weighted by molar-refractivity contribution is 6.74. The number of halogens is 1. The fourth-order valence-corrected chi connectivity index (χ4v) is 7.35. The third kappa shape index (κ3) is 5.85. The molecule has 3 aromatic heterocycles. The molecule has 0 aliphatic carbocycles. The molecule has 3 aliphatic heterocycles. The molecule has 234 valence electrons. The number of pyridine rings is 1. The van der Waals surface area contributed by atoms with E-state index in [1.54, 1.807) is 24.6 Å². The molecule has 11 nitrogen and oxygen atoms in total. The molecular weight excluding hydrogens is 588 g/mol. The molecule has 0 amide bonds. The van der Waals surface area contributed by atoms with Crippen molar-refractivity contribution in [2.45, 2.75) is 109 Å². The van der Waals surface area contributed by atoms with Crippen molar-refractivity contribution in [3.05, 3.63) is 41.2 Å². The first-order valence-electron chi connectivity index (χ1n) is 14.9. The monoisotopic (exact) mass is 630 g/mol. The van der Waals surface area contributed by atoms with Crippen LogP contribution in [0.1, 0.15) is 45.9 Å². The van der Waals surface area contributed by atoms with Gasteiger partial charge < -0.3 is 28.6 Å². The maximum Gasteiger partial charge on any atom is 0.299 e. The summed E-state index contributed by atoms with van der Waals surface area (Å²) in [5.41, 5.74) is 2.50. The molecule has 1 N–H and O–H groups in total. The number of aromatic nitrogens is 5. The topological polar surface area (TPSA) is 109 Å². The van der Waals surface area contributed by atoms with Gasteiger partial charge in [0.25, 0.3) is 6.01 Å². The van der Waals surface area contributed by atoms with Gasteiger partial charge in [0.2, 0.25) is 0 Å². The molecule has 13 heteroatoms. The molecule has 0 bridgehead atoms. The number of anilines is 1. The number of aliphatic hydroxyl groups is 1. The molecule has 2 fully saturated rings. The van der Waals surface area contributed by atoms with Gasteiger partial charge in [0.1, 0.15) is 12.2 Å². The van der Waals surface area contributed by atoms with Gasteiger partial charge in [0.15, 0.2) is 25.9 Å². The van der Waals surface area contributed by atoms with Gasteiger partial charge in [-0.3, -0.25) is 9.25 Å². The van der Waals surface area contributed by atoms with E-state index in [-0.39, 0.29) is 29.5 Å². The Bertz CT molecular complexity index is 1500. The maximum absolute atomic E-state index is 10.2. The lowest BCUT2D eigenvalue weighted by molar-refractivity contribution is 0.0105. The fourth-order valence-electron chi connectivity index (χ4n) is 5.77. The summed E-state index contributed by atoms with van der Waals surface area (Å²) in [4.78, 5) is 11.8. The van der Waals surface area contributed by atoms with Gasteiger partial charge in [-0.05, 0) is 38.0 Å². The smallest absolute Gasteiger partial charge is 0.299 e. The first-order valence-corrected chi connectivity index (χ1v) is 18.2. The van der Waals surface area contributed by atoms with Gasteiger partial charge in [-0.2, -0.15) is 10.1 Å². The summed E-state index contributed by atoms with van der Waals surface area (Å²) in [6.45, 7) is 21.6. The van der Waals surface area contributed by atoms with Crippen molar-refractivity contribution in [3.8, 4) is 6.01 Å². The third-order valence-electron chi connectivity index (χ3n) is 8.90. The molecule has 3 aliphatic rings. The number of hydrogen-bond donors (Lipinski definition) is 1. The molecule has 0 saturated carbocycles. The zero-order valence-corrected chi connectivity index (χ0v) is 27.9. The zero-order chi connectivity index (χ0) is 30.9. The number of nitrogens with zero attached hydrogens (tertiary/aromatic N) is 6. The molecule has 0 unspecified atom stereocenters. The lowest BCUT2D eigenvalue weighted by atomic mass is 10.1. The van der Waals surface area contributed by atoms with E-state index < -0.39 is 13.9 Å². The molecule has 6 heterocycles. The highest BCUT2D eigenvalue weighted by atomic mass is 35.5. The predicted molar refractivity (Wildman–Crippen MR) is 167 cm³/mol. The van der Waals surface area contributed by atoms with E-state index in [9.17, 15) is 5.11 Å². The van der Waals surface area contributed by atoms with Crippen molar-refractivity contribution in [3.63, 3.8) is 0 Å². The molecule has 43 heavy (non-hydrogen) atoms. The van der Waals surface area contributed by atoms with Crippen LogP contribution in [0, 0.1) is 0 Å². The van der Waals surface area contributed by atoms with Gasteiger partial charge in [-0.1, -0.05) is 38.4 Å². The van der Waals surface area contributed by atoms with E-state index in [4.69, 9.17) is 40.2 Å². The summed E-state index contributed by atoms with van der Waals surface area (Å²) in [6.07, 6.45) is 2.91. The van der Waals surface area contributed by atoms with Gasteiger partial charge in [-0.25, -0.2) is 4.98 Å². The Labute approximate surface area is 258 Å². The lowest BCUT2D eigenvalue weighted by Crippen LogP contribution is -2.47. The highest BCUT2D eigenvalue weighted by Gasteiger charge is 2.52. The summed E-state index contributed by atoms with van der Waals surface area (Å²) in [6, 6.07) is 2.31. The van der Waals surface area contributed by atoms with Crippen LogP contribution in [0.15, 0.2) is 24.9 Å². The van der Waals surface area contributed by atoms with Crippen LogP contribution in [0.5, 0.6) is 6.01 Å². The van der Waals surface area contributed by atoms with Crippen LogP contribution in [-0.4, -0.2) is 81.0 Å². The molecule has 6 rings (SSSR count). The van der Waals surface area contributed by atoms with Crippen molar-refractivity contribution in [1.82, 2.24) is 24.3 Å². The Kier molecular flexibility index (Phi) is 7.70. The van der Waals surface area contributed by atoms with E-state index in [0.717, 1.165) is 16.8 Å². The van der Waals surface area contributed by atoms with E-state index in [0.29, 0.717) is 61.9 Å². The number of hydrogen-bond acceptors (Lipinski definition) is 9.